The maximum atomic E-state index is 13.9. The number of carbonyl (C=O) groups is 2. The molecule has 11 heteroatoms. The Balaban J connectivity index is 1.29. The van der Waals surface area contributed by atoms with E-state index in [9.17, 15) is 27.9 Å². The first-order valence-electron chi connectivity index (χ1n) is 13.0. The molecule has 1 atom stereocenters. The van der Waals surface area contributed by atoms with E-state index < -0.39 is 23.2 Å². The lowest BCUT2D eigenvalue weighted by molar-refractivity contribution is -0.262. The summed E-state index contributed by atoms with van der Waals surface area (Å²) >= 11 is 6.38. The molecule has 0 saturated carbocycles. The van der Waals surface area contributed by atoms with E-state index in [1.165, 1.54) is 23.1 Å². The summed E-state index contributed by atoms with van der Waals surface area (Å²) in [7, 11) is 3.36. The van der Waals surface area contributed by atoms with Crippen molar-refractivity contribution in [3.63, 3.8) is 0 Å². The van der Waals surface area contributed by atoms with Gasteiger partial charge in [0.15, 0.2) is 0 Å². The summed E-state index contributed by atoms with van der Waals surface area (Å²) in [5, 5.41) is 11.0. The minimum atomic E-state index is -5.13. The number of likely N-dealkylation sites (tertiary alicyclic amines) is 1. The number of carbonyl (C=O) groups excluding carboxylic acids is 2. The molecule has 2 aromatic rings. The molecule has 0 spiro atoms. The number of rotatable bonds is 6. The molecule has 2 fully saturated rings. The average molecular weight is 567 g/mol. The average Bonchev–Trinajstić information content (AvgIpc) is 2.92. The summed E-state index contributed by atoms with van der Waals surface area (Å²) in [6.45, 7) is 4.34. The molecular formula is C28H34ClF3N4O3. The molecule has 1 N–H and O–H groups in total. The Labute approximate surface area is 231 Å². The minimum Gasteiger partial charge on any atom is -0.369 e. The normalized spacial score (nSPS) is 19.1. The molecule has 0 bridgehead atoms. The van der Waals surface area contributed by atoms with Crippen LogP contribution < -0.4 is 4.90 Å². The van der Waals surface area contributed by atoms with Crippen LogP contribution in [0.25, 0.3) is 0 Å². The largest absolute Gasteiger partial charge is 0.430 e. The number of anilines is 1. The van der Waals surface area contributed by atoms with E-state index in [-0.39, 0.29) is 24.9 Å². The van der Waals surface area contributed by atoms with Crippen molar-refractivity contribution in [1.82, 2.24) is 14.7 Å². The SMILES string of the molecule is CN(C)C(=O)c1ccc(N2CCN(CC3CCN(C(=O)C(O)(c4ccccc4)C(F)(F)F)CC3)CC2)cc1Cl. The number of hydrogen-bond donors (Lipinski definition) is 1. The minimum absolute atomic E-state index is 0.146. The monoisotopic (exact) mass is 566 g/mol. The summed E-state index contributed by atoms with van der Waals surface area (Å²) in [6.07, 6.45) is -3.98. The number of piperazine rings is 1. The fourth-order valence-corrected chi connectivity index (χ4v) is 5.56. The Hall–Kier alpha value is -2.82. The third-order valence-electron chi connectivity index (χ3n) is 7.66. The zero-order valence-corrected chi connectivity index (χ0v) is 22.9. The van der Waals surface area contributed by atoms with Gasteiger partial charge in [-0.2, -0.15) is 13.2 Å². The summed E-state index contributed by atoms with van der Waals surface area (Å²) in [5.41, 5.74) is -2.61. The van der Waals surface area contributed by atoms with Gasteiger partial charge in [0.1, 0.15) is 0 Å². The Bertz CT molecular complexity index is 1160. The van der Waals surface area contributed by atoms with Crippen LogP contribution in [-0.4, -0.2) is 97.7 Å². The lowest BCUT2D eigenvalue weighted by Gasteiger charge is -2.41. The van der Waals surface area contributed by atoms with Gasteiger partial charge >= 0.3 is 6.18 Å². The van der Waals surface area contributed by atoms with Crippen molar-refractivity contribution in [3.8, 4) is 0 Å². The fourth-order valence-electron chi connectivity index (χ4n) is 5.30. The highest BCUT2D eigenvalue weighted by atomic mass is 35.5. The van der Waals surface area contributed by atoms with Gasteiger partial charge in [0.05, 0.1) is 10.6 Å². The number of benzene rings is 2. The quantitative estimate of drug-likeness (QED) is 0.575. The molecule has 0 aliphatic carbocycles. The first-order chi connectivity index (χ1) is 18.4. The molecule has 1 unspecified atom stereocenters. The van der Waals surface area contributed by atoms with Crippen LogP contribution in [-0.2, 0) is 10.4 Å². The number of aliphatic hydroxyl groups is 1. The number of piperidine rings is 1. The lowest BCUT2D eigenvalue weighted by Crippen LogP contribution is -2.57. The molecule has 2 amide bonds. The van der Waals surface area contributed by atoms with Gasteiger partial charge in [0, 0.05) is 71.2 Å². The van der Waals surface area contributed by atoms with E-state index in [1.54, 1.807) is 20.2 Å². The summed E-state index contributed by atoms with van der Waals surface area (Å²) in [4.78, 5) is 32.4. The number of hydrogen-bond acceptors (Lipinski definition) is 5. The molecule has 2 saturated heterocycles. The number of nitrogens with zero attached hydrogens (tertiary/aromatic N) is 4. The maximum absolute atomic E-state index is 13.9. The van der Waals surface area contributed by atoms with Gasteiger partial charge in [-0.05, 0) is 37.0 Å². The summed E-state index contributed by atoms with van der Waals surface area (Å²) < 4.78 is 41.7. The van der Waals surface area contributed by atoms with Gasteiger partial charge < -0.3 is 19.8 Å². The number of amides is 2. The van der Waals surface area contributed by atoms with E-state index in [0.717, 1.165) is 55.4 Å². The molecule has 2 aliphatic rings. The molecule has 0 radical (unpaired) electrons. The van der Waals surface area contributed by atoms with E-state index in [0.29, 0.717) is 23.4 Å². The van der Waals surface area contributed by atoms with Crippen LogP contribution in [0, 0.1) is 5.92 Å². The second-order valence-electron chi connectivity index (χ2n) is 10.5. The van der Waals surface area contributed by atoms with Crippen molar-refractivity contribution in [2.24, 2.45) is 5.92 Å². The van der Waals surface area contributed by atoms with Crippen molar-refractivity contribution in [3.05, 3.63) is 64.7 Å². The second-order valence-corrected chi connectivity index (χ2v) is 10.9. The van der Waals surface area contributed by atoms with Gasteiger partial charge in [-0.25, -0.2) is 0 Å². The molecule has 4 rings (SSSR count). The first kappa shape index (κ1) is 29.2. The molecular weight excluding hydrogens is 533 g/mol. The lowest BCUT2D eigenvalue weighted by atomic mass is 9.89. The highest BCUT2D eigenvalue weighted by molar-refractivity contribution is 6.34. The first-order valence-corrected chi connectivity index (χ1v) is 13.4. The van der Waals surface area contributed by atoms with Crippen LogP contribution in [0.1, 0.15) is 28.8 Å². The second kappa shape index (κ2) is 11.7. The van der Waals surface area contributed by atoms with E-state index >= 15 is 0 Å². The van der Waals surface area contributed by atoms with Crippen LogP contribution in [0.2, 0.25) is 5.02 Å². The molecule has 2 aliphatic heterocycles. The van der Waals surface area contributed by atoms with Crippen LogP contribution in [0.4, 0.5) is 18.9 Å². The summed E-state index contributed by atoms with van der Waals surface area (Å²) in [6, 6.07) is 12.0. The molecule has 0 aromatic heterocycles. The third kappa shape index (κ3) is 6.18. The predicted molar refractivity (Wildman–Crippen MR) is 144 cm³/mol. The van der Waals surface area contributed by atoms with Gasteiger partial charge in [0.25, 0.3) is 17.4 Å². The van der Waals surface area contributed by atoms with Crippen LogP contribution in [0.5, 0.6) is 0 Å². The van der Waals surface area contributed by atoms with E-state index in [2.05, 4.69) is 9.80 Å². The number of alkyl halides is 3. The van der Waals surface area contributed by atoms with Gasteiger partial charge in [-0.3, -0.25) is 14.5 Å². The van der Waals surface area contributed by atoms with Crippen molar-refractivity contribution in [2.45, 2.75) is 24.6 Å². The van der Waals surface area contributed by atoms with Crippen molar-refractivity contribution in [2.75, 3.05) is 64.8 Å². The van der Waals surface area contributed by atoms with Crippen molar-refractivity contribution in [1.29, 1.82) is 0 Å². The Morgan fingerprint density at radius 1 is 0.974 bits per heavy atom. The zero-order chi connectivity index (χ0) is 28.4. The molecule has 212 valence electrons. The Morgan fingerprint density at radius 3 is 2.13 bits per heavy atom. The molecule has 2 aromatic carbocycles. The smallest absolute Gasteiger partial charge is 0.369 e. The summed E-state index contributed by atoms with van der Waals surface area (Å²) in [5.74, 6) is -1.21. The van der Waals surface area contributed by atoms with Crippen LogP contribution >= 0.6 is 11.6 Å². The number of halogens is 4. The third-order valence-corrected chi connectivity index (χ3v) is 7.97. The maximum Gasteiger partial charge on any atom is 0.430 e. The van der Waals surface area contributed by atoms with Crippen molar-refractivity contribution >= 4 is 29.1 Å². The van der Waals surface area contributed by atoms with E-state index in [1.807, 2.05) is 12.1 Å². The zero-order valence-electron chi connectivity index (χ0n) is 22.1. The Morgan fingerprint density at radius 2 is 1.59 bits per heavy atom. The standard InChI is InChI=1S/C28H34ClF3N4O3/c1-33(2)25(37)23-9-8-22(18-24(23)29)35-16-14-34(15-17-35)19-20-10-12-36(13-11-20)26(38)27(39,28(30,31)32)21-6-4-3-5-7-21/h3-9,18,20,39H,10-17,19H2,1-2H3. The highest BCUT2D eigenvalue weighted by Gasteiger charge is 2.62. The molecule has 2 heterocycles. The topological polar surface area (TPSA) is 67.3 Å². The molecule has 39 heavy (non-hydrogen) atoms. The predicted octanol–water partition coefficient (Wildman–Crippen LogP) is 3.85. The highest BCUT2D eigenvalue weighted by Crippen LogP contribution is 2.41. The molecule has 7 nitrogen and oxygen atoms in total. The Kier molecular flexibility index (Phi) is 8.78. The van der Waals surface area contributed by atoms with Gasteiger partial charge in [0.2, 0.25) is 0 Å². The van der Waals surface area contributed by atoms with Gasteiger partial charge in [-0.1, -0.05) is 41.9 Å². The van der Waals surface area contributed by atoms with Crippen LogP contribution in [0.3, 0.4) is 0 Å². The van der Waals surface area contributed by atoms with Crippen molar-refractivity contribution < 1.29 is 27.9 Å². The van der Waals surface area contributed by atoms with E-state index in [4.69, 9.17) is 11.6 Å². The van der Waals surface area contributed by atoms with Gasteiger partial charge in [-0.15, -0.1) is 0 Å². The van der Waals surface area contributed by atoms with Crippen LogP contribution in [0.15, 0.2) is 48.5 Å². The fraction of sp³-hybridized carbons (Fsp3) is 0.500.